The van der Waals surface area contributed by atoms with Gasteiger partial charge in [0, 0.05) is 40.8 Å². The molecule has 30 heavy (non-hydrogen) atoms. The van der Waals surface area contributed by atoms with E-state index in [4.69, 9.17) is 0 Å². The quantitative estimate of drug-likeness (QED) is 0.668. The van der Waals surface area contributed by atoms with Crippen LogP contribution in [0.2, 0.25) is 0 Å². The van der Waals surface area contributed by atoms with Crippen molar-refractivity contribution in [3.8, 4) is 6.07 Å². The molecule has 0 aliphatic heterocycles. The Morgan fingerprint density at radius 2 is 1.93 bits per heavy atom. The molecule has 6 heteroatoms. The highest BCUT2D eigenvalue weighted by Crippen LogP contribution is 2.45. The van der Waals surface area contributed by atoms with E-state index in [0.717, 1.165) is 50.1 Å². The maximum atomic E-state index is 12.8. The summed E-state index contributed by atoms with van der Waals surface area (Å²) in [6.45, 7) is 9.89. The summed E-state index contributed by atoms with van der Waals surface area (Å²) in [5, 5.41) is 10.4. The first kappa shape index (κ1) is 20.4. The number of H-pyrrole nitrogens is 1. The molecule has 0 unspecified atom stereocenters. The molecule has 1 aliphatic rings. The minimum absolute atomic E-state index is 0.368. The number of rotatable bonds is 3. The third-order valence-corrected chi connectivity index (χ3v) is 7.50. The van der Waals surface area contributed by atoms with Crippen molar-refractivity contribution in [1.82, 2.24) is 9.97 Å². The van der Waals surface area contributed by atoms with Gasteiger partial charge in [0.1, 0.15) is 6.07 Å². The number of fused-ring (bicyclic) bond motifs is 2. The standard InChI is InChI=1S/C24H25N3O2S/c1-13-9-21(30(6,28)29)22(17-7-8-26-23(13)17)24(4,5)16-10-18-14(2)19(12-25)15(3)27-20(18)11-16/h7-10,26H,11H2,1-6H3. The van der Waals surface area contributed by atoms with Crippen molar-refractivity contribution in [3.63, 3.8) is 0 Å². The third kappa shape index (κ3) is 2.88. The van der Waals surface area contributed by atoms with Gasteiger partial charge < -0.3 is 4.98 Å². The lowest BCUT2D eigenvalue weighted by molar-refractivity contribution is 0.582. The van der Waals surface area contributed by atoms with Gasteiger partial charge in [-0.3, -0.25) is 4.98 Å². The number of nitrogens with zero attached hydrogens (tertiary/aromatic N) is 2. The van der Waals surface area contributed by atoms with Crippen LogP contribution in [0.1, 0.15) is 53.1 Å². The zero-order valence-corrected chi connectivity index (χ0v) is 19.0. The topological polar surface area (TPSA) is 86.6 Å². The van der Waals surface area contributed by atoms with Gasteiger partial charge in [0.2, 0.25) is 0 Å². The van der Waals surface area contributed by atoms with Crippen LogP contribution in [0.4, 0.5) is 0 Å². The molecule has 4 rings (SSSR count). The Morgan fingerprint density at radius 3 is 2.57 bits per heavy atom. The number of aryl methyl sites for hydroxylation is 2. The average Bonchev–Trinajstić information content (AvgIpc) is 3.28. The van der Waals surface area contributed by atoms with Crippen LogP contribution >= 0.6 is 0 Å². The predicted octanol–water partition coefficient (Wildman–Crippen LogP) is 4.68. The molecule has 1 N–H and O–H groups in total. The first-order chi connectivity index (χ1) is 14.0. The molecule has 154 valence electrons. The largest absolute Gasteiger partial charge is 0.361 e. The normalized spacial score (nSPS) is 14.0. The minimum atomic E-state index is -3.43. The van der Waals surface area contributed by atoms with E-state index in [-0.39, 0.29) is 0 Å². The highest BCUT2D eigenvalue weighted by atomic mass is 32.2. The molecule has 0 spiro atoms. The molecule has 0 bridgehead atoms. The Labute approximate surface area is 177 Å². The molecule has 1 aromatic carbocycles. The van der Waals surface area contributed by atoms with Crippen molar-refractivity contribution >= 4 is 26.8 Å². The number of aromatic nitrogens is 2. The van der Waals surface area contributed by atoms with Crippen LogP contribution in [0.5, 0.6) is 0 Å². The molecular formula is C24H25N3O2S. The van der Waals surface area contributed by atoms with Crippen LogP contribution < -0.4 is 0 Å². The SMILES string of the molecule is Cc1nc2c(c(C)c1C#N)C=C(C(C)(C)c1c(S(C)(=O)=O)cc(C)c3[nH]ccc13)C2. The van der Waals surface area contributed by atoms with Gasteiger partial charge in [-0.05, 0) is 49.6 Å². The number of nitrogens with one attached hydrogen (secondary N) is 1. The molecule has 2 heterocycles. The Kier molecular flexibility index (Phi) is 4.44. The summed E-state index contributed by atoms with van der Waals surface area (Å²) in [7, 11) is -3.43. The zero-order valence-electron chi connectivity index (χ0n) is 18.1. The minimum Gasteiger partial charge on any atom is -0.361 e. The second kappa shape index (κ2) is 6.55. The van der Waals surface area contributed by atoms with E-state index in [0.29, 0.717) is 16.9 Å². The van der Waals surface area contributed by atoms with Crippen molar-refractivity contribution in [2.45, 2.75) is 51.3 Å². The third-order valence-electron chi connectivity index (χ3n) is 6.37. The smallest absolute Gasteiger partial charge is 0.175 e. The van der Waals surface area contributed by atoms with Crippen LogP contribution in [-0.2, 0) is 21.7 Å². The van der Waals surface area contributed by atoms with E-state index in [1.54, 1.807) is 6.07 Å². The second-order valence-corrected chi connectivity index (χ2v) is 10.7. The Bertz CT molecular complexity index is 1400. The maximum Gasteiger partial charge on any atom is 0.175 e. The van der Waals surface area contributed by atoms with Gasteiger partial charge in [0.05, 0.1) is 21.8 Å². The molecule has 2 aromatic heterocycles. The lowest BCUT2D eigenvalue weighted by atomic mass is 9.75. The summed E-state index contributed by atoms with van der Waals surface area (Å²) >= 11 is 0. The van der Waals surface area contributed by atoms with Gasteiger partial charge in [-0.25, -0.2) is 8.42 Å². The molecule has 5 nitrogen and oxygen atoms in total. The summed E-state index contributed by atoms with van der Waals surface area (Å²) in [4.78, 5) is 8.31. The molecule has 3 aromatic rings. The molecule has 0 amide bonds. The van der Waals surface area contributed by atoms with E-state index < -0.39 is 15.3 Å². The summed E-state index contributed by atoms with van der Waals surface area (Å²) in [6, 6.07) is 5.99. The number of nitriles is 1. The Hall–Kier alpha value is -2.91. The molecule has 0 atom stereocenters. The predicted molar refractivity (Wildman–Crippen MR) is 119 cm³/mol. The fraction of sp³-hybridized carbons (Fsp3) is 0.333. The Morgan fingerprint density at radius 1 is 1.23 bits per heavy atom. The van der Waals surface area contributed by atoms with Crippen LogP contribution in [0.15, 0.2) is 28.8 Å². The van der Waals surface area contributed by atoms with E-state index in [9.17, 15) is 13.7 Å². The van der Waals surface area contributed by atoms with Crippen molar-refractivity contribution < 1.29 is 8.42 Å². The van der Waals surface area contributed by atoms with Gasteiger partial charge in [0.15, 0.2) is 9.84 Å². The van der Waals surface area contributed by atoms with Gasteiger partial charge in [-0.15, -0.1) is 0 Å². The highest BCUT2D eigenvalue weighted by Gasteiger charge is 2.36. The molecule has 1 aliphatic carbocycles. The molecular weight excluding hydrogens is 394 g/mol. The van der Waals surface area contributed by atoms with E-state index in [2.05, 4.69) is 36.0 Å². The monoisotopic (exact) mass is 419 g/mol. The van der Waals surface area contributed by atoms with Crippen molar-refractivity contribution in [3.05, 3.63) is 63.1 Å². The average molecular weight is 420 g/mol. The molecule has 0 fully saturated rings. The van der Waals surface area contributed by atoms with Crippen LogP contribution in [-0.4, -0.2) is 24.6 Å². The zero-order chi connectivity index (χ0) is 22.0. The number of sulfone groups is 1. The highest BCUT2D eigenvalue weighted by molar-refractivity contribution is 7.90. The van der Waals surface area contributed by atoms with Gasteiger partial charge >= 0.3 is 0 Å². The van der Waals surface area contributed by atoms with Gasteiger partial charge in [-0.1, -0.05) is 25.5 Å². The summed E-state index contributed by atoms with van der Waals surface area (Å²) in [5.41, 5.74) is 7.45. The lowest BCUT2D eigenvalue weighted by Crippen LogP contribution is -2.24. The van der Waals surface area contributed by atoms with Crippen LogP contribution in [0.25, 0.3) is 17.0 Å². The number of aromatic amines is 1. The first-order valence-corrected chi connectivity index (χ1v) is 11.8. The van der Waals surface area contributed by atoms with Gasteiger partial charge in [-0.2, -0.15) is 5.26 Å². The number of hydrogen-bond acceptors (Lipinski definition) is 4. The lowest BCUT2D eigenvalue weighted by Gasteiger charge is -2.30. The number of allylic oxidation sites excluding steroid dienone is 1. The fourth-order valence-corrected chi connectivity index (χ4v) is 5.84. The van der Waals surface area contributed by atoms with Gasteiger partial charge in [0.25, 0.3) is 0 Å². The fourth-order valence-electron chi connectivity index (χ4n) is 4.71. The molecule has 0 saturated heterocycles. The van der Waals surface area contributed by atoms with Crippen molar-refractivity contribution in [1.29, 1.82) is 5.26 Å². The van der Waals surface area contributed by atoms with E-state index in [1.165, 1.54) is 6.26 Å². The van der Waals surface area contributed by atoms with Crippen molar-refractivity contribution in [2.75, 3.05) is 6.26 Å². The summed E-state index contributed by atoms with van der Waals surface area (Å²) in [5.74, 6) is 0. The number of hydrogen-bond donors (Lipinski definition) is 1. The number of benzene rings is 1. The second-order valence-electron chi connectivity index (χ2n) is 8.75. The number of pyridine rings is 1. The molecule has 0 radical (unpaired) electrons. The summed E-state index contributed by atoms with van der Waals surface area (Å²) < 4.78 is 25.5. The first-order valence-electron chi connectivity index (χ1n) is 9.89. The Balaban J connectivity index is 1.98. The van der Waals surface area contributed by atoms with E-state index >= 15 is 0 Å². The van der Waals surface area contributed by atoms with Crippen molar-refractivity contribution in [2.24, 2.45) is 0 Å². The van der Waals surface area contributed by atoms with Crippen LogP contribution in [0.3, 0.4) is 0 Å². The van der Waals surface area contributed by atoms with Crippen LogP contribution in [0, 0.1) is 32.1 Å². The molecule has 0 saturated carbocycles. The maximum absolute atomic E-state index is 12.8. The summed E-state index contributed by atoms with van der Waals surface area (Å²) in [6.07, 6.45) is 5.86. The van der Waals surface area contributed by atoms with E-state index in [1.807, 2.05) is 33.0 Å².